The molecule has 1 heterocycles. The lowest BCUT2D eigenvalue weighted by atomic mass is 10.1. The second kappa shape index (κ2) is 6.36. The quantitative estimate of drug-likeness (QED) is 0.804. The van der Waals surface area contributed by atoms with Crippen LogP contribution in [0.4, 0.5) is 0 Å². The molecule has 0 aliphatic rings. The number of aromatic nitrogens is 1. The van der Waals surface area contributed by atoms with Gasteiger partial charge in [-0.1, -0.05) is 42.1 Å². The highest BCUT2D eigenvalue weighted by Crippen LogP contribution is 2.27. The van der Waals surface area contributed by atoms with Gasteiger partial charge in [-0.15, -0.1) is 0 Å². The fourth-order valence-corrected chi connectivity index (χ4v) is 2.66. The van der Waals surface area contributed by atoms with Gasteiger partial charge in [-0.2, -0.15) is 5.26 Å². The van der Waals surface area contributed by atoms with Crippen LogP contribution in [0.5, 0.6) is 0 Å². The zero-order valence-corrected chi connectivity index (χ0v) is 12.2. The summed E-state index contributed by atoms with van der Waals surface area (Å²) in [5.74, 6) is 0.405. The molecule has 20 heavy (non-hydrogen) atoms. The van der Waals surface area contributed by atoms with E-state index in [1.165, 1.54) is 18.7 Å². The lowest BCUT2D eigenvalue weighted by Gasteiger charge is -2.09. The van der Waals surface area contributed by atoms with Crippen LogP contribution in [0.25, 0.3) is 11.3 Å². The molecule has 0 amide bonds. The van der Waals surface area contributed by atoms with Gasteiger partial charge in [0.25, 0.3) is 0 Å². The molecule has 0 atom stereocenters. The molecule has 100 valence electrons. The maximum Gasteiger partial charge on any atom is 0.140 e. The normalized spacial score (nSPS) is 10.1. The highest BCUT2D eigenvalue weighted by atomic mass is 32.2. The van der Waals surface area contributed by atoms with E-state index in [1.807, 2.05) is 43.3 Å². The molecule has 0 aliphatic heterocycles. The summed E-state index contributed by atoms with van der Waals surface area (Å²) in [6, 6.07) is 13.9. The third kappa shape index (κ3) is 3.25. The topological polar surface area (TPSA) is 53.8 Å². The van der Waals surface area contributed by atoms with Crippen LogP contribution in [0.3, 0.4) is 0 Å². The molecule has 1 aromatic carbocycles. The minimum atomic E-state index is 0.0726. The van der Waals surface area contributed by atoms with E-state index < -0.39 is 0 Å². The number of benzene rings is 1. The van der Waals surface area contributed by atoms with Gasteiger partial charge in [0.2, 0.25) is 0 Å². The summed E-state index contributed by atoms with van der Waals surface area (Å²) in [6.07, 6.45) is 0. The summed E-state index contributed by atoms with van der Waals surface area (Å²) in [5.41, 5.74) is 3.27. The van der Waals surface area contributed by atoms with Crippen molar-refractivity contribution in [1.82, 2.24) is 4.98 Å². The summed E-state index contributed by atoms with van der Waals surface area (Å²) in [7, 11) is 0. The zero-order valence-electron chi connectivity index (χ0n) is 11.4. The first kappa shape index (κ1) is 14.3. The Balaban J connectivity index is 2.47. The molecule has 0 aliphatic carbocycles. The molecular weight excluding hydrogens is 268 g/mol. The second-order valence-corrected chi connectivity index (χ2v) is 5.44. The van der Waals surface area contributed by atoms with Crippen LogP contribution in [-0.2, 0) is 4.79 Å². The van der Waals surface area contributed by atoms with E-state index >= 15 is 0 Å². The predicted molar refractivity (Wildman–Crippen MR) is 80.5 cm³/mol. The van der Waals surface area contributed by atoms with Crippen LogP contribution in [-0.4, -0.2) is 16.5 Å². The van der Waals surface area contributed by atoms with Crippen molar-refractivity contribution in [1.29, 1.82) is 5.26 Å². The maximum absolute atomic E-state index is 11.1. The number of aryl methyl sites for hydroxylation is 1. The standard InChI is InChI=1S/C16H14N2OS/c1-11-8-15(13-6-4-3-5-7-13)18-16(14(11)9-17)20-10-12(2)19/h3-8H,10H2,1-2H3. The van der Waals surface area contributed by atoms with Crippen LogP contribution >= 0.6 is 11.8 Å². The average molecular weight is 282 g/mol. The summed E-state index contributed by atoms with van der Waals surface area (Å²) < 4.78 is 0. The van der Waals surface area contributed by atoms with Gasteiger partial charge in [-0.25, -0.2) is 4.98 Å². The van der Waals surface area contributed by atoms with Gasteiger partial charge in [-0.3, -0.25) is 4.79 Å². The lowest BCUT2D eigenvalue weighted by Crippen LogP contribution is -1.99. The first-order valence-electron chi connectivity index (χ1n) is 6.21. The fraction of sp³-hybridized carbons (Fsp3) is 0.188. The molecule has 4 heteroatoms. The number of hydrogen-bond acceptors (Lipinski definition) is 4. The molecule has 0 saturated heterocycles. The van der Waals surface area contributed by atoms with Crippen LogP contribution in [0.2, 0.25) is 0 Å². The average Bonchev–Trinajstić information content (AvgIpc) is 2.45. The summed E-state index contributed by atoms with van der Waals surface area (Å²) in [5, 5.41) is 9.86. The largest absolute Gasteiger partial charge is 0.299 e. The third-order valence-corrected chi connectivity index (χ3v) is 3.90. The molecule has 0 spiro atoms. The van der Waals surface area contributed by atoms with Gasteiger partial charge in [0.1, 0.15) is 16.9 Å². The Kier molecular flexibility index (Phi) is 4.54. The number of ketones is 1. The molecule has 1 aromatic heterocycles. The van der Waals surface area contributed by atoms with Gasteiger partial charge in [-0.05, 0) is 25.5 Å². The summed E-state index contributed by atoms with van der Waals surface area (Å²) in [4.78, 5) is 15.7. The molecule has 0 N–H and O–H groups in total. The van der Waals surface area contributed by atoms with Crippen LogP contribution in [0.1, 0.15) is 18.1 Å². The molecule has 0 saturated carbocycles. The van der Waals surface area contributed by atoms with Crippen LogP contribution in [0, 0.1) is 18.3 Å². The molecule has 3 nitrogen and oxygen atoms in total. The highest BCUT2D eigenvalue weighted by Gasteiger charge is 2.12. The van der Waals surface area contributed by atoms with Crippen molar-refractivity contribution in [2.24, 2.45) is 0 Å². The van der Waals surface area contributed by atoms with Gasteiger partial charge in [0.15, 0.2) is 0 Å². The van der Waals surface area contributed by atoms with E-state index in [-0.39, 0.29) is 5.78 Å². The van der Waals surface area contributed by atoms with E-state index in [9.17, 15) is 10.1 Å². The fourth-order valence-electron chi connectivity index (χ4n) is 1.81. The molecular formula is C16H14N2OS. The summed E-state index contributed by atoms with van der Waals surface area (Å²) >= 11 is 1.32. The molecule has 0 radical (unpaired) electrons. The van der Waals surface area contributed by atoms with Gasteiger partial charge >= 0.3 is 0 Å². The van der Waals surface area contributed by atoms with Crippen molar-refractivity contribution in [2.45, 2.75) is 18.9 Å². The second-order valence-electron chi connectivity index (χ2n) is 4.47. The number of nitriles is 1. The van der Waals surface area contributed by atoms with Crippen LogP contribution < -0.4 is 0 Å². The third-order valence-electron chi connectivity index (χ3n) is 2.78. The van der Waals surface area contributed by atoms with Crippen molar-refractivity contribution < 1.29 is 4.79 Å². The van der Waals surface area contributed by atoms with Gasteiger partial charge in [0.05, 0.1) is 17.0 Å². The Morgan fingerprint density at radius 2 is 2.05 bits per heavy atom. The minimum absolute atomic E-state index is 0.0726. The Labute approximate surface area is 122 Å². The number of Topliss-reactive ketones (excluding diaryl/α,β-unsaturated/α-hetero) is 1. The monoisotopic (exact) mass is 282 g/mol. The Morgan fingerprint density at radius 3 is 2.65 bits per heavy atom. The molecule has 2 rings (SSSR count). The number of carbonyl (C=O) groups excluding carboxylic acids is 1. The summed E-state index contributed by atoms with van der Waals surface area (Å²) in [6.45, 7) is 3.43. The smallest absolute Gasteiger partial charge is 0.140 e. The lowest BCUT2D eigenvalue weighted by molar-refractivity contribution is -0.114. The number of rotatable bonds is 4. The number of carbonyl (C=O) groups is 1. The predicted octanol–water partition coefficient (Wildman–Crippen LogP) is 3.61. The van der Waals surface area contributed by atoms with Crippen molar-refractivity contribution in [3.8, 4) is 17.3 Å². The Morgan fingerprint density at radius 1 is 1.35 bits per heavy atom. The van der Waals surface area contributed by atoms with E-state index in [0.29, 0.717) is 16.3 Å². The molecule has 0 fully saturated rings. The van der Waals surface area contributed by atoms with Crippen LogP contribution in [0.15, 0.2) is 41.4 Å². The van der Waals surface area contributed by atoms with Crippen molar-refractivity contribution in [2.75, 3.05) is 5.75 Å². The Bertz CT molecular complexity index is 675. The highest BCUT2D eigenvalue weighted by molar-refractivity contribution is 8.00. The first-order valence-corrected chi connectivity index (χ1v) is 7.19. The van der Waals surface area contributed by atoms with E-state index in [2.05, 4.69) is 11.1 Å². The SMILES string of the molecule is CC(=O)CSc1nc(-c2ccccc2)cc(C)c1C#N. The molecule has 2 aromatic rings. The van der Waals surface area contributed by atoms with Crippen molar-refractivity contribution in [3.63, 3.8) is 0 Å². The zero-order chi connectivity index (χ0) is 14.5. The van der Waals surface area contributed by atoms with Gasteiger partial charge in [0, 0.05) is 5.56 Å². The molecule has 0 unspecified atom stereocenters. The van der Waals surface area contributed by atoms with E-state index in [0.717, 1.165) is 16.8 Å². The number of nitrogens with zero attached hydrogens (tertiary/aromatic N) is 2. The number of hydrogen-bond donors (Lipinski definition) is 0. The minimum Gasteiger partial charge on any atom is -0.299 e. The van der Waals surface area contributed by atoms with E-state index in [4.69, 9.17) is 0 Å². The molecule has 0 bridgehead atoms. The van der Waals surface area contributed by atoms with E-state index in [1.54, 1.807) is 0 Å². The maximum atomic E-state index is 11.1. The van der Waals surface area contributed by atoms with Crippen molar-refractivity contribution in [3.05, 3.63) is 47.5 Å². The van der Waals surface area contributed by atoms with Gasteiger partial charge < -0.3 is 0 Å². The number of thioether (sulfide) groups is 1. The Hall–Kier alpha value is -2.12. The number of pyridine rings is 1. The first-order chi connectivity index (χ1) is 9.61. The van der Waals surface area contributed by atoms with Crippen molar-refractivity contribution >= 4 is 17.5 Å².